The Morgan fingerprint density at radius 1 is 1.12 bits per heavy atom. The summed E-state index contributed by atoms with van der Waals surface area (Å²) in [5.41, 5.74) is 7.78. The summed E-state index contributed by atoms with van der Waals surface area (Å²) >= 11 is 0. The van der Waals surface area contributed by atoms with Crippen LogP contribution in [0, 0.1) is 20.8 Å². The van der Waals surface area contributed by atoms with Crippen molar-refractivity contribution < 1.29 is 9.53 Å². The van der Waals surface area contributed by atoms with Crippen molar-refractivity contribution in [1.82, 2.24) is 9.99 Å². The molecule has 0 saturated heterocycles. The number of aryl methyl sites for hydroxylation is 3. The molecule has 0 unspecified atom stereocenters. The molecule has 0 fully saturated rings. The number of nitrogens with one attached hydrogen (secondary N) is 1. The summed E-state index contributed by atoms with van der Waals surface area (Å²) in [6.07, 6.45) is 1.69. The van der Waals surface area contributed by atoms with Crippen LogP contribution >= 0.6 is 0 Å². The molecule has 5 nitrogen and oxygen atoms in total. The Hall–Kier alpha value is -3.08. The second-order valence-electron chi connectivity index (χ2n) is 6.38. The van der Waals surface area contributed by atoms with Crippen molar-refractivity contribution in [2.75, 3.05) is 6.61 Å². The lowest BCUT2D eigenvalue weighted by atomic mass is 10.1. The van der Waals surface area contributed by atoms with Crippen LogP contribution < -0.4 is 10.2 Å². The average Bonchev–Trinajstić information content (AvgIpc) is 2.86. The standard InChI is InChI=1S/C21H23N3O2/c1-14-8-7-9-15(2)21(14)26-13-20(25)23-22-12-18-16(3)24(4)19-11-6-5-10-17(18)19/h5-12H,13H2,1-4H3,(H,23,25)/b22-12+. The highest BCUT2D eigenvalue weighted by Gasteiger charge is 2.10. The van der Waals surface area contributed by atoms with Gasteiger partial charge in [-0.1, -0.05) is 36.4 Å². The molecule has 0 aliphatic rings. The summed E-state index contributed by atoms with van der Waals surface area (Å²) in [7, 11) is 2.02. The highest BCUT2D eigenvalue weighted by Crippen LogP contribution is 2.23. The Kier molecular flexibility index (Phi) is 5.07. The minimum Gasteiger partial charge on any atom is -0.483 e. The van der Waals surface area contributed by atoms with Gasteiger partial charge >= 0.3 is 0 Å². The lowest BCUT2D eigenvalue weighted by molar-refractivity contribution is -0.123. The molecule has 1 amide bonds. The summed E-state index contributed by atoms with van der Waals surface area (Å²) in [6.45, 7) is 5.88. The second kappa shape index (κ2) is 7.44. The van der Waals surface area contributed by atoms with E-state index in [0.717, 1.165) is 39.0 Å². The number of hydrazone groups is 1. The number of hydrogen-bond donors (Lipinski definition) is 1. The first-order valence-corrected chi connectivity index (χ1v) is 8.54. The molecule has 0 aliphatic carbocycles. The molecular weight excluding hydrogens is 326 g/mol. The van der Waals surface area contributed by atoms with Gasteiger partial charge in [-0.15, -0.1) is 0 Å². The summed E-state index contributed by atoms with van der Waals surface area (Å²) in [5, 5.41) is 5.21. The molecule has 5 heteroatoms. The molecular formula is C21H23N3O2. The van der Waals surface area contributed by atoms with Gasteiger partial charge in [0.2, 0.25) is 0 Å². The number of aromatic nitrogens is 1. The Bertz CT molecular complexity index is 966. The molecule has 0 atom stereocenters. The van der Waals surface area contributed by atoms with Gasteiger partial charge in [-0.3, -0.25) is 4.79 Å². The number of benzene rings is 2. The molecule has 1 heterocycles. The van der Waals surface area contributed by atoms with Gasteiger partial charge in [-0.2, -0.15) is 5.10 Å². The molecule has 1 aromatic heterocycles. The topological polar surface area (TPSA) is 55.6 Å². The lowest BCUT2D eigenvalue weighted by Gasteiger charge is -2.10. The quantitative estimate of drug-likeness (QED) is 0.565. The molecule has 3 aromatic rings. The van der Waals surface area contributed by atoms with Gasteiger partial charge in [-0.25, -0.2) is 5.43 Å². The van der Waals surface area contributed by atoms with Crippen molar-refractivity contribution >= 4 is 23.0 Å². The number of amides is 1. The third-order valence-corrected chi connectivity index (χ3v) is 4.59. The van der Waals surface area contributed by atoms with E-state index in [1.54, 1.807) is 6.21 Å². The third-order valence-electron chi connectivity index (χ3n) is 4.59. The molecule has 0 bridgehead atoms. The molecule has 0 spiro atoms. The van der Waals surface area contributed by atoms with Crippen molar-refractivity contribution in [3.63, 3.8) is 0 Å². The lowest BCUT2D eigenvalue weighted by Crippen LogP contribution is -2.25. The zero-order chi connectivity index (χ0) is 18.7. The molecule has 0 saturated carbocycles. The van der Waals surface area contributed by atoms with Crippen molar-refractivity contribution in [2.24, 2.45) is 12.1 Å². The van der Waals surface area contributed by atoms with Crippen LogP contribution in [0.1, 0.15) is 22.4 Å². The Balaban J connectivity index is 1.66. The Morgan fingerprint density at radius 2 is 1.81 bits per heavy atom. The first kappa shape index (κ1) is 17.7. The summed E-state index contributed by atoms with van der Waals surface area (Å²) in [5.74, 6) is 0.457. The number of fused-ring (bicyclic) bond motifs is 1. The zero-order valence-electron chi connectivity index (χ0n) is 15.5. The van der Waals surface area contributed by atoms with Gasteiger partial charge in [0.25, 0.3) is 5.91 Å². The van der Waals surface area contributed by atoms with Crippen LogP contribution in [0.2, 0.25) is 0 Å². The average molecular weight is 349 g/mol. The minimum atomic E-state index is -0.290. The van der Waals surface area contributed by atoms with E-state index in [1.807, 2.05) is 58.2 Å². The van der Waals surface area contributed by atoms with E-state index < -0.39 is 0 Å². The van der Waals surface area contributed by atoms with Crippen LogP contribution in [0.4, 0.5) is 0 Å². The van der Waals surface area contributed by atoms with Gasteiger partial charge in [0.1, 0.15) is 5.75 Å². The van der Waals surface area contributed by atoms with Crippen LogP contribution in [0.5, 0.6) is 5.75 Å². The van der Waals surface area contributed by atoms with Gasteiger partial charge < -0.3 is 9.30 Å². The largest absolute Gasteiger partial charge is 0.483 e. The number of rotatable bonds is 5. The van der Waals surface area contributed by atoms with Gasteiger partial charge in [0, 0.05) is 29.2 Å². The molecule has 1 N–H and O–H groups in total. The van der Waals surface area contributed by atoms with E-state index in [9.17, 15) is 4.79 Å². The maximum absolute atomic E-state index is 12.0. The van der Waals surface area contributed by atoms with Crippen molar-refractivity contribution in [3.05, 3.63) is 64.8 Å². The van der Waals surface area contributed by atoms with Gasteiger partial charge in [0.15, 0.2) is 6.61 Å². The number of hydrogen-bond acceptors (Lipinski definition) is 3. The number of carbonyl (C=O) groups is 1. The molecule has 0 aliphatic heterocycles. The first-order chi connectivity index (χ1) is 12.5. The number of nitrogens with zero attached hydrogens (tertiary/aromatic N) is 2. The molecule has 2 aromatic carbocycles. The predicted molar refractivity (Wildman–Crippen MR) is 105 cm³/mol. The predicted octanol–water partition coefficient (Wildman–Crippen LogP) is 3.63. The SMILES string of the molecule is Cc1cccc(C)c1OCC(=O)N/N=C/c1c(C)n(C)c2ccccc12. The van der Waals surface area contributed by atoms with E-state index in [2.05, 4.69) is 27.2 Å². The molecule has 0 radical (unpaired) electrons. The summed E-state index contributed by atoms with van der Waals surface area (Å²) in [4.78, 5) is 12.0. The van der Waals surface area contributed by atoms with Crippen LogP contribution in [-0.4, -0.2) is 23.3 Å². The van der Waals surface area contributed by atoms with Crippen LogP contribution in [-0.2, 0) is 11.8 Å². The third kappa shape index (κ3) is 3.47. The Morgan fingerprint density at radius 3 is 2.54 bits per heavy atom. The number of ether oxygens (including phenoxy) is 1. The maximum atomic E-state index is 12.0. The van der Waals surface area contributed by atoms with E-state index in [-0.39, 0.29) is 12.5 Å². The maximum Gasteiger partial charge on any atom is 0.277 e. The van der Waals surface area contributed by atoms with E-state index >= 15 is 0 Å². The van der Waals surface area contributed by atoms with Gasteiger partial charge in [-0.05, 0) is 38.0 Å². The van der Waals surface area contributed by atoms with Crippen LogP contribution in [0.25, 0.3) is 10.9 Å². The van der Waals surface area contributed by atoms with Crippen LogP contribution in [0.3, 0.4) is 0 Å². The smallest absolute Gasteiger partial charge is 0.277 e. The normalized spacial score (nSPS) is 11.2. The van der Waals surface area contributed by atoms with E-state index in [1.165, 1.54) is 0 Å². The van der Waals surface area contributed by atoms with E-state index in [0.29, 0.717) is 0 Å². The number of para-hydroxylation sites is 2. The van der Waals surface area contributed by atoms with Gasteiger partial charge in [0.05, 0.1) is 6.21 Å². The molecule has 26 heavy (non-hydrogen) atoms. The van der Waals surface area contributed by atoms with Crippen LogP contribution in [0.15, 0.2) is 47.6 Å². The monoisotopic (exact) mass is 349 g/mol. The highest BCUT2D eigenvalue weighted by molar-refractivity contribution is 6.01. The van der Waals surface area contributed by atoms with Crippen molar-refractivity contribution in [3.8, 4) is 5.75 Å². The van der Waals surface area contributed by atoms with E-state index in [4.69, 9.17) is 4.74 Å². The molecule has 134 valence electrons. The van der Waals surface area contributed by atoms with Crippen molar-refractivity contribution in [2.45, 2.75) is 20.8 Å². The van der Waals surface area contributed by atoms with Crippen molar-refractivity contribution in [1.29, 1.82) is 0 Å². The summed E-state index contributed by atoms with van der Waals surface area (Å²) < 4.78 is 7.75. The fraction of sp³-hybridized carbons (Fsp3) is 0.238. The zero-order valence-corrected chi connectivity index (χ0v) is 15.5. The number of carbonyl (C=O) groups excluding carboxylic acids is 1. The fourth-order valence-electron chi connectivity index (χ4n) is 3.08. The highest BCUT2D eigenvalue weighted by atomic mass is 16.5. The summed E-state index contributed by atoms with van der Waals surface area (Å²) in [6, 6.07) is 14.0. The Labute approximate surface area is 153 Å². The first-order valence-electron chi connectivity index (χ1n) is 8.54. The fourth-order valence-corrected chi connectivity index (χ4v) is 3.08. The molecule has 3 rings (SSSR count). The second-order valence-corrected chi connectivity index (χ2v) is 6.38. The minimum absolute atomic E-state index is 0.0719.